The molecule has 2 N–H and O–H groups in total. The highest BCUT2D eigenvalue weighted by molar-refractivity contribution is 5.98. The smallest absolute Gasteiger partial charge is 0.341 e. The fourth-order valence-corrected chi connectivity index (χ4v) is 2.83. The van der Waals surface area contributed by atoms with Gasteiger partial charge in [0.05, 0.1) is 24.8 Å². The van der Waals surface area contributed by atoms with Gasteiger partial charge in [-0.15, -0.1) is 0 Å². The van der Waals surface area contributed by atoms with E-state index in [-0.39, 0.29) is 24.0 Å². The highest BCUT2D eigenvalue weighted by Crippen LogP contribution is 2.31. The zero-order valence-electron chi connectivity index (χ0n) is 15.2. The van der Waals surface area contributed by atoms with E-state index in [1.165, 1.54) is 12.0 Å². The van der Waals surface area contributed by atoms with Gasteiger partial charge in [0, 0.05) is 13.1 Å². The molecule has 0 bridgehead atoms. The first-order valence-corrected chi connectivity index (χ1v) is 8.50. The largest absolute Gasteiger partial charge is 0.488 e. The van der Waals surface area contributed by atoms with Crippen molar-refractivity contribution in [1.29, 1.82) is 0 Å². The van der Waals surface area contributed by atoms with Crippen molar-refractivity contribution in [1.82, 2.24) is 4.90 Å². The molecular formula is C18H24N2O6. The number of methoxy groups -OCH3 is 1. The number of carboxylic acids is 1. The number of carbonyl (C=O) groups is 3. The lowest BCUT2D eigenvalue weighted by molar-refractivity contribution is -0.143. The van der Waals surface area contributed by atoms with Gasteiger partial charge in [0.2, 0.25) is 0 Å². The first-order chi connectivity index (χ1) is 12.3. The molecule has 1 aromatic rings. The molecule has 1 unspecified atom stereocenters. The minimum Gasteiger partial charge on any atom is -0.488 e. The van der Waals surface area contributed by atoms with Crippen molar-refractivity contribution in [3.8, 4) is 5.75 Å². The third-order valence-corrected chi connectivity index (χ3v) is 4.07. The van der Waals surface area contributed by atoms with Crippen molar-refractivity contribution in [2.24, 2.45) is 5.92 Å². The van der Waals surface area contributed by atoms with Crippen LogP contribution in [0.1, 0.15) is 37.0 Å². The van der Waals surface area contributed by atoms with Crippen molar-refractivity contribution < 1.29 is 29.0 Å². The third kappa shape index (κ3) is 4.65. The molecule has 1 aliphatic rings. The van der Waals surface area contributed by atoms with Gasteiger partial charge in [0.15, 0.2) is 5.75 Å². The highest BCUT2D eigenvalue weighted by Gasteiger charge is 2.29. The van der Waals surface area contributed by atoms with Crippen LogP contribution in [-0.2, 0) is 9.53 Å². The molecule has 2 rings (SSSR count). The van der Waals surface area contributed by atoms with Crippen LogP contribution in [-0.4, -0.2) is 54.3 Å². The van der Waals surface area contributed by atoms with Crippen LogP contribution in [0, 0.1) is 5.92 Å². The van der Waals surface area contributed by atoms with Crippen LogP contribution in [0.25, 0.3) is 0 Å². The Bertz CT molecular complexity index is 688. The van der Waals surface area contributed by atoms with Crippen molar-refractivity contribution in [3.05, 3.63) is 23.8 Å². The second-order valence-electron chi connectivity index (χ2n) is 6.39. The molecule has 0 radical (unpaired) electrons. The zero-order valence-corrected chi connectivity index (χ0v) is 15.2. The maximum absolute atomic E-state index is 12.6. The number of anilines is 1. The molecule has 1 atom stereocenters. The second-order valence-corrected chi connectivity index (χ2v) is 6.39. The summed E-state index contributed by atoms with van der Waals surface area (Å²) in [5.74, 6) is -1.81. The number of para-hydroxylation sites is 1. The van der Waals surface area contributed by atoms with E-state index in [9.17, 15) is 14.4 Å². The average molecular weight is 364 g/mol. The Kier molecular flexibility index (Phi) is 6.43. The quantitative estimate of drug-likeness (QED) is 0.778. The molecule has 8 heteroatoms. The summed E-state index contributed by atoms with van der Waals surface area (Å²) in [5.41, 5.74) is 0.546. The van der Waals surface area contributed by atoms with Gasteiger partial charge in [-0.3, -0.25) is 4.79 Å². The number of hydrogen-bond donors (Lipinski definition) is 2. The van der Waals surface area contributed by atoms with E-state index in [1.54, 1.807) is 18.2 Å². The maximum Gasteiger partial charge on any atom is 0.341 e. The Balaban J connectivity index is 2.23. The molecule has 0 aromatic heterocycles. The highest BCUT2D eigenvalue weighted by atomic mass is 16.5. The van der Waals surface area contributed by atoms with Gasteiger partial charge in [-0.05, 0) is 38.8 Å². The summed E-state index contributed by atoms with van der Waals surface area (Å²) in [5, 5.41) is 11.9. The third-order valence-electron chi connectivity index (χ3n) is 4.07. The predicted molar refractivity (Wildman–Crippen MR) is 94.5 cm³/mol. The first-order valence-electron chi connectivity index (χ1n) is 8.50. The minimum atomic E-state index is -0.904. The van der Waals surface area contributed by atoms with Gasteiger partial charge in [-0.2, -0.15) is 0 Å². The Morgan fingerprint density at radius 1 is 1.31 bits per heavy atom. The molecular weight excluding hydrogens is 340 g/mol. The molecule has 1 heterocycles. The number of nitrogens with one attached hydrogen (secondary N) is 1. The Morgan fingerprint density at radius 2 is 2.04 bits per heavy atom. The van der Waals surface area contributed by atoms with Gasteiger partial charge in [-0.1, -0.05) is 6.07 Å². The van der Waals surface area contributed by atoms with Gasteiger partial charge in [-0.25, -0.2) is 9.59 Å². The summed E-state index contributed by atoms with van der Waals surface area (Å²) in [6.07, 6.45) is 0.962. The normalized spacial score (nSPS) is 16.9. The second kappa shape index (κ2) is 8.55. The number of carbonyl (C=O) groups excluding carboxylic acids is 2. The molecule has 1 aromatic carbocycles. The number of benzene rings is 1. The molecule has 0 aliphatic carbocycles. The SMILES string of the molecule is COC(=O)c1cccc(NC(=O)N2CCCC(C(=O)O)C2)c1OC(C)C. The Labute approximate surface area is 152 Å². The van der Waals surface area contributed by atoms with Gasteiger partial charge < -0.3 is 24.8 Å². The van der Waals surface area contributed by atoms with Crippen molar-refractivity contribution >= 4 is 23.7 Å². The summed E-state index contributed by atoms with van der Waals surface area (Å²) in [7, 11) is 1.27. The van der Waals surface area contributed by atoms with Gasteiger partial charge in [0.25, 0.3) is 0 Å². The summed E-state index contributed by atoms with van der Waals surface area (Å²) < 4.78 is 10.5. The molecule has 142 valence electrons. The van der Waals surface area contributed by atoms with Crippen LogP contribution in [0.2, 0.25) is 0 Å². The van der Waals surface area contributed by atoms with Crippen molar-refractivity contribution in [2.45, 2.75) is 32.8 Å². The van der Waals surface area contributed by atoms with Crippen LogP contribution in [0.4, 0.5) is 10.5 Å². The van der Waals surface area contributed by atoms with E-state index < -0.39 is 23.9 Å². The minimum absolute atomic E-state index is 0.151. The molecule has 1 saturated heterocycles. The number of rotatable bonds is 5. The molecule has 1 fully saturated rings. The number of ether oxygens (including phenoxy) is 2. The number of piperidine rings is 1. The van der Waals surface area contributed by atoms with Crippen molar-refractivity contribution in [3.63, 3.8) is 0 Å². The number of esters is 1. The zero-order chi connectivity index (χ0) is 19.3. The summed E-state index contributed by atoms with van der Waals surface area (Å²) in [6.45, 7) is 4.24. The first kappa shape index (κ1) is 19.6. The number of nitrogens with zero attached hydrogens (tertiary/aromatic N) is 1. The van der Waals surface area contributed by atoms with E-state index in [0.29, 0.717) is 25.1 Å². The van der Waals surface area contributed by atoms with Gasteiger partial charge in [0.1, 0.15) is 5.56 Å². The summed E-state index contributed by atoms with van der Waals surface area (Å²) >= 11 is 0. The van der Waals surface area contributed by atoms with Gasteiger partial charge >= 0.3 is 18.0 Å². The van der Waals surface area contributed by atoms with Crippen LogP contribution < -0.4 is 10.1 Å². The number of hydrogen-bond acceptors (Lipinski definition) is 5. The number of amides is 2. The molecule has 0 saturated carbocycles. The van der Waals surface area contributed by atoms with E-state index >= 15 is 0 Å². The monoisotopic (exact) mass is 364 g/mol. The average Bonchev–Trinajstić information content (AvgIpc) is 2.62. The molecule has 0 spiro atoms. The lowest BCUT2D eigenvalue weighted by Gasteiger charge is -2.31. The van der Waals surface area contributed by atoms with Crippen molar-refractivity contribution in [2.75, 3.05) is 25.5 Å². The molecule has 2 amide bonds. The number of aliphatic carboxylic acids is 1. The summed E-state index contributed by atoms with van der Waals surface area (Å²) in [4.78, 5) is 37.2. The topological polar surface area (TPSA) is 105 Å². The molecule has 26 heavy (non-hydrogen) atoms. The predicted octanol–water partition coefficient (Wildman–Crippen LogP) is 2.59. The Morgan fingerprint density at radius 3 is 2.65 bits per heavy atom. The van der Waals surface area contributed by atoms with Crippen LogP contribution in [0.3, 0.4) is 0 Å². The lowest BCUT2D eigenvalue weighted by atomic mass is 9.99. The number of urea groups is 1. The molecule has 1 aliphatic heterocycles. The van der Waals surface area contributed by atoms with Crippen LogP contribution in [0.5, 0.6) is 5.75 Å². The van der Waals surface area contributed by atoms with E-state index in [1.807, 2.05) is 13.8 Å². The standard InChI is InChI=1S/C18H24N2O6/c1-11(2)26-15-13(17(23)25-3)7-4-8-14(15)19-18(24)20-9-5-6-12(10-20)16(21)22/h4,7-8,11-12H,5-6,9-10H2,1-3H3,(H,19,24)(H,21,22). The number of carboxylic acid groups (broad SMARTS) is 1. The fraction of sp³-hybridized carbons (Fsp3) is 0.500. The maximum atomic E-state index is 12.6. The lowest BCUT2D eigenvalue weighted by Crippen LogP contribution is -2.44. The van der Waals surface area contributed by atoms with E-state index in [0.717, 1.165) is 0 Å². The Hall–Kier alpha value is -2.77. The number of likely N-dealkylation sites (tertiary alicyclic amines) is 1. The van der Waals surface area contributed by atoms with Crippen LogP contribution >= 0.6 is 0 Å². The summed E-state index contributed by atoms with van der Waals surface area (Å²) in [6, 6.07) is 4.37. The van der Waals surface area contributed by atoms with Crippen LogP contribution in [0.15, 0.2) is 18.2 Å². The van der Waals surface area contributed by atoms with E-state index in [2.05, 4.69) is 5.32 Å². The molecule has 8 nitrogen and oxygen atoms in total. The fourth-order valence-electron chi connectivity index (χ4n) is 2.83. The van der Waals surface area contributed by atoms with E-state index in [4.69, 9.17) is 14.6 Å².